The average Bonchev–Trinajstić information content (AvgIpc) is 2.93. The van der Waals surface area contributed by atoms with Crippen molar-refractivity contribution in [3.8, 4) is 0 Å². The number of rotatable bonds is 5. The topological polar surface area (TPSA) is 82.2 Å². The molecule has 2 aromatic carbocycles. The van der Waals surface area contributed by atoms with Crippen molar-refractivity contribution in [2.24, 2.45) is 0 Å². The Bertz CT molecular complexity index is 968. The number of aromatic nitrogens is 1. The first-order valence-electron chi connectivity index (χ1n) is 7.49. The summed E-state index contributed by atoms with van der Waals surface area (Å²) < 4.78 is 13.0. The first-order chi connectivity index (χ1) is 12.0. The molecule has 128 valence electrons. The van der Waals surface area contributed by atoms with Gasteiger partial charge in [0.05, 0.1) is 6.42 Å². The van der Waals surface area contributed by atoms with Crippen LogP contribution in [-0.2, 0) is 17.8 Å². The fraction of sp³-hybridized carbons (Fsp3) is 0.111. The zero-order valence-corrected chi connectivity index (χ0v) is 13.7. The van der Waals surface area contributed by atoms with Gasteiger partial charge in [0.1, 0.15) is 11.5 Å². The monoisotopic (exact) mass is 360 g/mol. The SMILES string of the molecule is O=C(Cc1c(C(=O)O)[nH]c2ccccc12)NCc1ccc(F)cc1Cl. The highest BCUT2D eigenvalue weighted by molar-refractivity contribution is 6.31. The van der Waals surface area contributed by atoms with Gasteiger partial charge in [-0.05, 0) is 23.8 Å². The molecule has 3 rings (SSSR count). The lowest BCUT2D eigenvalue weighted by Gasteiger charge is -2.07. The van der Waals surface area contributed by atoms with Crippen LogP contribution in [0, 0.1) is 5.82 Å². The molecule has 3 N–H and O–H groups in total. The highest BCUT2D eigenvalue weighted by Gasteiger charge is 2.19. The second kappa shape index (κ2) is 6.94. The number of benzene rings is 2. The van der Waals surface area contributed by atoms with Gasteiger partial charge < -0.3 is 15.4 Å². The maximum absolute atomic E-state index is 13.0. The zero-order valence-electron chi connectivity index (χ0n) is 13.0. The van der Waals surface area contributed by atoms with Crippen LogP contribution in [0.5, 0.6) is 0 Å². The summed E-state index contributed by atoms with van der Waals surface area (Å²) in [6.45, 7) is 0.128. The number of nitrogens with one attached hydrogen (secondary N) is 2. The summed E-state index contributed by atoms with van der Waals surface area (Å²) in [5, 5.41) is 12.9. The van der Waals surface area contributed by atoms with Crippen molar-refractivity contribution in [1.82, 2.24) is 10.3 Å². The lowest BCUT2D eigenvalue weighted by molar-refractivity contribution is -0.120. The Morgan fingerprint density at radius 1 is 1.20 bits per heavy atom. The average molecular weight is 361 g/mol. The van der Waals surface area contributed by atoms with E-state index in [2.05, 4.69) is 10.3 Å². The van der Waals surface area contributed by atoms with Crippen LogP contribution in [0.2, 0.25) is 5.02 Å². The Labute approximate surface area is 147 Å². The molecule has 3 aromatic rings. The van der Waals surface area contributed by atoms with Crippen LogP contribution in [0.15, 0.2) is 42.5 Å². The molecule has 0 radical (unpaired) electrons. The molecule has 25 heavy (non-hydrogen) atoms. The van der Waals surface area contributed by atoms with E-state index in [9.17, 15) is 19.1 Å². The number of hydrogen-bond acceptors (Lipinski definition) is 2. The van der Waals surface area contributed by atoms with Gasteiger partial charge in [0, 0.05) is 28.0 Å². The second-order valence-electron chi connectivity index (χ2n) is 5.52. The van der Waals surface area contributed by atoms with Crippen molar-refractivity contribution >= 4 is 34.4 Å². The zero-order chi connectivity index (χ0) is 18.0. The number of amides is 1. The van der Waals surface area contributed by atoms with E-state index in [4.69, 9.17) is 11.6 Å². The number of fused-ring (bicyclic) bond motifs is 1. The summed E-state index contributed by atoms with van der Waals surface area (Å²) in [5.41, 5.74) is 1.65. The largest absolute Gasteiger partial charge is 0.477 e. The second-order valence-corrected chi connectivity index (χ2v) is 5.93. The molecular formula is C18H14ClFN2O3. The van der Waals surface area contributed by atoms with Gasteiger partial charge in [-0.1, -0.05) is 35.9 Å². The van der Waals surface area contributed by atoms with Crippen LogP contribution >= 0.6 is 11.6 Å². The van der Waals surface area contributed by atoms with Crippen LogP contribution in [-0.4, -0.2) is 22.0 Å². The van der Waals surface area contributed by atoms with Gasteiger partial charge >= 0.3 is 5.97 Å². The molecule has 0 aliphatic rings. The van der Waals surface area contributed by atoms with E-state index in [-0.39, 0.29) is 29.6 Å². The quantitative estimate of drug-likeness (QED) is 0.651. The highest BCUT2D eigenvalue weighted by atomic mass is 35.5. The molecule has 0 aliphatic carbocycles. The lowest BCUT2D eigenvalue weighted by atomic mass is 10.1. The van der Waals surface area contributed by atoms with Gasteiger partial charge in [0.2, 0.25) is 5.91 Å². The van der Waals surface area contributed by atoms with Gasteiger partial charge in [0.25, 0.3) is 0 Å². The third-order valence-corrected chi connectivity index (χ3v) is 4.21. The number of para-hydroxylation sites is 1. The van der Waals surface area contributed by atoms with Crippen molar-refractivity contribution in [1.29, 1.82) is 0 Å². The Kier molecular flexibility index (Phi) is 4.72. The van der Waals surface area contributed by atoms with E-state index in [0.717, 1.165) is 0 Å². The van der Waals surface area contributed by atoms with Crippen molar-refractivity contribution in [3.63, 3.8) is 0 Å². The van der Waals surface area contributed by atoms with Crippen LogP contribution in [0.25, 0.3) is 10.9 Å². The van der Waals surface area contributed by atoms with Crippen molar-refractivity contribution in [2.45, 2.75) is 13.0 Å². The van der Waals surface area contributed by atoms with Crippen LogP contribution in [0.3, 0.4) is 0 Å². The van der Waals surface area contributed by atoms with Crippen LogP contribution in [0.4, 0.5) is 4.39 Å². The van der Waals surface area contributed by atoms with Crippen LogP contribution in [0.1, 0.15) is 21.6 Å². The standard InChI is InChI=1S/C18H14ClFN2O3/c19-14-7-11(20)6-5-10(14)9-21-16(23)8-13-12-3-1-2-4-15(12)22-17(13)18(24)25/h1-7,22H,8-9H2,(H,21,23)(H,24,25). The van der Waals surface area contributed by atoms with Crippen LogP contribution < -0.4 is 5.32 Å². The van der Waals surface area contributed by atoms with Crippen molar-refractivity contribution in [3.05, 3.63) is 70.1 Å². The first kappa shape index (κ1) is 17.0. The molecule has 0 aliphatic heterocycles. The van der Waals surface area contributed by atoms with Gasteiger partial charge in [-0.25, -0.2) is 9.18 Å². The van der Waals surface area contributed by atoms with E-state index in [0.29, 0.717) is 22.0 Å². The summed E-state index contributed by atoms with van der Waals surface area (Å²) in [6, 6.07) is 11.0. The number of carboxylic acids is 1. The number of carboxylic acid groups (broad SMARTS) is 1. The van der Waals surface area contributed by atoms with E-state index in [1.54, 1.807) is 24.3 Å². The minimum absolute atomic E-state index is 0.00355. The molecule has 0 unspecified atom stereocenters. The third kappa shape index (κ3) is 3.64. The molecule has 0 saturated heterocycles. The van der Waals surface area contributed by atoms with E-state index >= 15 is 0 Å². The summed E-state index contributed by atoms with van der Waals surface area (Å²) >= 11 is 5.93. The number of carbonyl (C=O) groups is 2. The molecule has 0 spiro atoms. The van der Waals surface area contributed by atoms with E-state index in [1.165, 1.54) is 18.2 Å². The molecule has 0 fully saturated rings. The third-order valence-electron chi connectivity index (χ3n) is 3.86. The van der Waals surface area contributed by atoms with Gasteiger partial charge in [-0.15, -0.1) is 0 Å². The maximum atomic E-state index is 13.0. The number of H-pyrrole nitrogens is 1. The fourth-order valence-corrected chi connectivity index (χ4v) is 2.88. The Morgan fingerprint density at radius 2 is 1.96 bits per heavy atom. The molecule has 5 nitrogen and oxygen atoms in total. The molecule has 0 atom stereocenters. The fourth-order valence-electron chi connectivity index (χ4n) is 2.65. The summed E-state index contributed by atoms with van der Waals surface area (Å²) in [5.74, 6) is -1.93. The van der Waals surface area contributed by atoms with E-state index in [1.807, 2.05) is 0 Å². The maximum Gasteiger partial charge on any atom is 0.352 e. The van der Waals surface area contributed by atoms with E-state index < -0.39 is 11.8 Å². The number of aromatic amines is 1. The molecule has 1 aromatic heterocycles. The normalized spacial score (nSPS) is 10.8. The van der Waals surface area contributed by atoms with Gasteiger partial charge in [-0.2, -0.15) is 0 Å². The molecule has 1 amide bonds. The molecule has 7 heteroatoms. The van der Waals surface area contributed by atoms with Crippen molar-refractivity contribution in [2.75, 3.05) is 0 Å². The number of aromatic carboxylic acids is 1. The molecule has 1 heterocycles. The number of hydrogen-bond donors (Lipinski definition) is 3. The first-order valence-corrected chi connectivity index (χ1v) is 7.87. The predicted molar refractivity (Wildman–Crippen MR) is 92.2 cm³/mol. The smallest absolute Gasteiger partial charge is 0.352 e. The Hall–Kier alpha value is -2.86. The molecular weight excluding hydrogens is 347 g/mol. The van der Waals surface area contributed by atoms with Crippen molar-refractivity contribution < 1.29 is 19.1 Å². The van der Waals surface area contributed by atoms with Gasteiger partial charge in [-0.3, -0.25) is 4.79 Å². The summed E-state index contributed by atoms with van der Waals surface area (Å²) in [4.78, 5) is 26.5. The minimum atomic E-state index is -1.12. The molecule has 0 saturated carbocycles. The highest BCUT2D eigenvalue weighted by Crippen LogP contribution is 2.23. The molecule has 0 bridgehead atoms. The summed E-state index contributed by atoms with van der Waals surface area (Å²) in [6.07, 6.45) is -0.0928. The van der Waals surface area contributed by atoms with Gasteiger partial charge in [0.15, 0.2) is 0 Å². The Balaban J connectivity index is 1.78. The number of carbonyl (C=O) groups excluding carboxylic acids is 1. The Morgan fingerprint density at radius 3 is 2.68 bits per heavy atom. The number of halogens is 2. The minimum Gasteiger partial charge on any atom is -0.477 e. The summed E-state index contributed by atoms with van der Waals surface area (Å²) in [7, 11) is 0. The lowest BCUT2D eigenvalue weighted by Crippen LogP contribution is -2.25. The predicted octanol–water partition coefficient (Wildman–Crippen LogP) is 3.52.